The minimum atomic E-state index is -0.655. The summed E-state index contributed by atoms with van der Waals surface area (Å²) in [4.78, 5) is 0. The molecule has 12 heavy (non-hydrogen) atoms. The number of aliphatic hydroxyl groups is 1. The maximum absolute atomic E-state index is 8.92. The molecule has 60 valence electrons. The summed E-state index contributed by atoms with van der Waals surface area (Å²) in [5.74, 6) is 0. The molecule has 1 aliphatic heterocycles. The number of epoxide rings is 1. The first-order valence-electron chi connectivity index (χ1n) is 3.65. The van der Waals surface area contributed by atoms with Gasteiger partial charge in [0.05, 0.1) is 11.6 Å². The van der Waals surface area contributed by atoms with Crippen LogP contribution in [-0.4, -0.2) is 11.4 Å². The minimum Gasteiger partial charge on any atom is -0.366 e. The van der Waals surface area contributed by atoms with Crippen molar-refractivity contribution < 1.29 is 9.84 Å². The van der Waals surface area contributed by atoms with E-state index < -0.39 is 6.29 Å². The molecule has 0 amide bonds. The highest BCUT2D eigenvalue weighted by Crippen LogP contribution is 2.36. The van der Waals surface area contributed by atoms with Gasteiger partial charge in [-0.1, -0.05) is 12.1 Å². The van der Waals surface area contributed by atoms with E-state index in [0.717, 1.165) is 5.56 Å². The highest BCUT2D eigenvalue weighted by molar-refractivity contribution is 5.33. The average molecular weight is 161 g/mol. The molecular formula is C9H7NO2. The lowest BCUT2D eigenvalue weighted by molar-refractivity contribution is 0.156. The second-order valence-electron chi connectivity index (χ2n) is 2.68. The van der Waals surface area contributed by atoms with Crippen LogP contribution >= 0.6 is 0 Å². The van der Waals surface area contributed by atoms with Crippen molar-refractivity contribution in [2.24, 2.45) is 0 Å². The van der Waals surface area contributed by atoms with Gasteiger partial charge in [-0.2, -0.15) is 5.26 Å². The molecule has 2 unspecified atom stereocenters. The summed E-state index contributed by atoms with van der Waals surface area (Å²) in [5, 5.41) is 17.4. The van der Waals surface area contributed by atoms with Gasteiger partial charge in [-0.3, -0.25) is 0 Å². The van der Waals surface area contributed by atoms with E-state index in [1.54, 1.807) is 24.3 Å². The zero-order chi connectivity index (χ0) is 8.55. The Morgan fingerprint density at radius 2 is 1.92 bits per heavy atom. The standard InChI is InChI=1S/C9H7NO2/c10-5-6-1-3-7(4-2-6)8-9(11)12-8/h1-4,8-9,11H. The van der Waals surface area contributed by atoms with E-state index in [-0.39, 0.29) is 6.10 Å². The predicted molar refractivity (Wildman–Crippen MR) is 41.0 cm³/mol. The highest BCUT2D eigenvalue weighted by atomic mass is 16.7. The number of nitrogens with zero attached hydrogens (tertiary/aromatic N) is 1. The van der Waals surface area contributed by atoms with Gasteiger partial charge in [0.1, 0.15) is 6.10 Å². The number of ether oxygens (including phenoxy) is 1. The van der Waals surface area contributed by atoms with Crippen molar-refractivity contribution in [1.29, 1.82) is 5.26 Å². The third-order valence-electron chi connectivity index (χ3n) is 1.84. The molecule has 2 atom stereocenters. The molecule has 0 aromatic heterocycles. The van der Waals surface area contributed by atoms with E-state index in [9.17, 15) is 0 Å². The van der Waals surface area contributed by atoms with E-state index in [1.807, 2.05) is 6.07 Å². The number of hydrogen-bond acceptors (Lipinski definition) is 3. The maximum Gasteiger partial charge on any atom is 0.186 e. The molecule has 0 bridgehead atoms. The maximum atomic E-state index is 8.92. The molecule has 1 fully saturated rings. The van der Waals surface area contributed by atoms with Crippen LogP contribution in [-0.2, 0) is 4.74 Å². The van der Waals surface area contributed by atoms with Crippen molar-refractivity contribution in [3.05, 3.63) is 35.4 Å². The first-order chi connectivity index (χ1) is 5.81. The summed E-state index contributed by atoms with van der Waals surface area (Å²) in [6.45, 7) is 0. The van der Waals surface area contributed by atoms with Crippen molar-refractivity contribution in [2.75, 3.05) is 0 Å². The molecule has 1 aliphatic rings. The zero-order valence-corrected chi connectivity index (χ0v) is 6.27. The Hall–Kier alpha value is -1.37. The van der Waals surface area contributed by atoms with Gasteiger partial charge in [-0.25, -0.2) is 0 Å². The molecule has 1 aromatic rings. The van der Waals surface area contributed by atoms with Gasteiger partial charge in [0.15, 0.2) is 6.29 Å². The van der Waals surface area contributed by atoms with Crippen LogP contribution in [0.4, 0.5) is 0 Å². The van der Waals surface area contributed by atoms with Crippen molar-refractivity contribution in [2.45, 2.75) is 12.4 Å². The van der Waals surface area contributed by atoms with Crippen molar-refractivity contribution >= 4 is 0 Å². The first kappa shape index (κ1) is 7.29. The molecule has 1 heterocycles. The summed E-state index contributed by atoms with van der Waals surface area (Å²) in [5.41, 5.74) is 1.54. The summed E-state index contributed by atoms with van der Waals surface area (Å²) in [6, 6.07) is 9.03. The van der Waals surface area contributed by atoms with E-state index in [4.69, 9.17) is 15.1 Å². The second-order valence-corrected chi connectivity index (χ2v) is 2.68. The molecule has 3 nitrogen and oxygen atoms in total. The highest BCUT2D eigenvalue weighted by Gasteiger charge is 2.38. The lowest BCUT2D eigenvalue weighted by atomic mass is 10.1. The fourth-order valence-electron chi connectivity index (χ4n) is 1.10. The summed E-state index contributed by atoms with van der Waals surface area (Å²) in [7, 11) is 0. The SMILES string of the molecule is N#Cc1ccc(C2OC2O)cc1. The Morgan fingerprint density at radius 3 is 2.33 bits per heavy atom. The quantitative estimate of drug-likeness (QED) is 0.624. The van der Waals surface area contributed by atoms with E-state index >= 15 is 0 Å². The zero-order valence-electron chi connectivity index (χ0n) is 6.27. The largest absolute Gasteiger partial charge is 0.366 e. The van der Waals surface area contributed by atoms with Crippen LogP contribution in [0.5, 0.6) is 0 Å². The summed E-state index contributed by atoms with van der Waals surface area (Å²) in [6.07, 6.45) is -0.837. The van der Waals surface area contributed by atoms with Gasteiger partial charge in [0.25, 0.3) is 0 Å². The topological polar surface area (TPSA) is 56.5 Å². The Kier molecular flexibility index (Phi) is 1.58. The van der Waals surface area contributed by atoms with Crippen molar-refractivity contribution in [3.63, 3.8) is 0 Å². The molecule has 0 saturated carbocycles. The summed E-state index contributed by atoms with van der Waals surface area (Å²) < 4.78 is 4.85. The molecule has 0 aliphatic carbocycles. The first-order valence-corrected chi connectivity index (χ1v) is 3.65. The lowest BCUT2D eigenvalue weighted by Crippen LogP contribution is -1.85. The van der Waals surface area contributed by atoms with Gasteiger partial charge in [-0.05, 0) is 17.7 Å². The minimum absolute atomic E-state index is 0.183. The fourth-order valence-corrected chi connectivity index (χ4v) is 1.10. The van der Waals surface area contributed by atoms with E-state index in [0.29, 0.717) is 5.56 Å². The predicted octanol–water partition coefficient (Wildman–Crippen LogP) is 0.948. The van der Waals surface area contributed by atoms with Crippen LogP contribution in [0.25, 0.3) is 0 Å². The molecule has 1 N–H and O–H groups in total. The van der Waals surface area contributed by atoms with Crippen LogP contribution in [0, 0.1) is 11.3 Å². The van der Waals surface area contributed by atoms with E-state index in [2.05, 4.69) is 0 Å². The molecule has 0 radical (unpaired) electrons. The fraction of sp³-hybridized carbons (Fsp3) is 0.222. The Bertz CT molecular complexity index is 325. The number of rotatable bonds is 1. The smallest absolute Gasteiger partial charge is 0.186 e. The van der Waals surface area contributed by atoms with Crippen LogP contribution < -0.4 is 0 Å². The van der Waals surface area contributed by atoms with E-state index in [1.165, 1.54) is 0 Å². The van der Waals surface area contributed by atoms with Gasteiger partial charge in [0, 0.05) is 0 Å². The lowest BCUT2D eigenvalue weighted by Gasteiger charge is -1.93. The molecule has 3 heteroatoms. The Morgan fingerprint density at radius 1 is 1.33 bits per heavy atom. The third kappa shape index (κ3) is 1.18. The van der Waals surface area contributed by atoms with Crippen LogP contribution in [0.3, 0.4) is 0 Å². The van der Waals surface area contributed by atoms with Crippen LogP contribution in [0.15, 0.2) is 24.3 Å². The van der Waals surface area contributed by atoms with Gasteiger partial charge >= 0.3 is 0 Å². The van der Waals surface area contributed by atoms with Crippen LogP contribution in [0.1, 0.15) is 17.2 Å². The van der Waals surface area contributed by atoms with Gasteiger partial charge in [-0.15, -0.1) is 0 Å². The number of nitriles is 1. The second kappa shape index (κ2) is 2.59. The molecule has 0 spiro atoms. The number of hydrogen-bond donors (Lipinski definition) is 1. The monoisotopic (exact) mass is 161 g/mol. The number of benzene rings is 1. The third-order valence-corrected chi connectivity index (χ3v) is 1.84. The molecule has 1 aromatic carbocycles. The van der Waals surface area contributed by atoms with Crippen molar-refractivity contribution in [1.82, 2.24) is 0 Å². The molecule has 1 saturated heterocycles. The Balaban J connectivity index is 2.21. The van der Waals surface area contributed by atoms with Crippen LogP contribution in [0.2, 0.25) is 0 Å². The average Bonchev–Trinajstić information content (AvgIpc) is 2.83. The van der Waals surface area contributed by atoms with Gasteiger partial charge in [0.2, 0.25) is 0 Å². The molecule has 2 rings (SSSR count). The van der Waals surface area contributed by atoms with Crippen molar-refractivity contribution in [3.8, 4) is 6.07 Å². The number of aliphatic hydroxyl groups excluding tert-OH is 1. The van der Waals surface area contributed by atoms with Gasteiger partial charge < -0.3 is 9.84 Å². The summed E-state index contributed by atoms with van der Waals surface area (Å²) >= 11 is 0. The Labute approximate surface area is 69.8 Å². The normalized spacial score (nSPS) is 26.3. The molecular weight excluding hydrogens is 154 g/mol.